The fraction of sp³-hybridized carbons (Fsp3) is 0.364. The standard InChI is InChI=1S/C11H11BrN2/c1-11(5-6-11)9-10(12)14-7-3-2-4-8(14)13-9/h2-4,7H,5-6H2,1H3. The largest absolute Gasteiger partial charge is 0.294 e. The number of nitrogens with zero attached hydrogens (tertiary/aromatic N) is 2. The summed E-state index contributed by atoms with van der Waals surface area (Å²) in [6.07, 6.45) is 4.56. The molecule has 1 aliphatic carbocycles. The Hall–Kier alpha value is -0.830. The predicted octanol–water partition coefficient (Wildman–Crippen LogP) is 3.15. The second kappa shape index (κ2) is 2.60. The second-order valence-corrected chi connectivity index (χ2v) is 4.99. The molecule has 0 aliphatic heterocycles. The lowest BCUT2D eigenvalue weighted by Crippen LogP contribution is -2.00. The molecule has 0 saturated heterocycles. The molecule has 1 fully saturated rings. The van der Waals surface area contributed by atoms with Crippen LogP contribution in [0.4, 0.5) is 0 Å². The van der Waals surface area contributed by atoms with E-state index in [1.165, 1.54) is 18.5 Å². The van der Waals surface area contributed by atoms with Crippen LogP contribution in [0.3, 0.4) is 0 Å². The van der Waals surface area contributed by atoms with Gasteiger partial charge in [0.05, 0.1) is 5.69 Å². The Balaban J connectivity index is 2.31. The van der Waals surface area contributed by atoms with Gasteiger partial charge in [-0.15, -0.1) is 0 Å². The minimum atomic E-state index is 0.324. The first-order valence-electron chi connectivity index (χ1n) is 4.84. The van der Waals surface area contributed by atoms with E-state index in [0.29, 0.717) is 5.41 Å². The molecule has 0 unspecified atom stereocenters. The zero-order valence-corrected chi connectivity index (χ0v) is 9.58. The summed E-state index contributed by atoms with van der Waals surface area (Å²) >= 11 is 3.63. The first kappa shape index (κ1) is 8.48. The Morgan fingerprint density at radius 1 is 1.43 bits per heavy atom. The molecular weight excluding hydrogens is 240 g/mol. The van der Waals surface area contributed by atoms with Crippen molar-refractivity contribution in [1.82, 2.24) is 9.38 Å². The van der Waals surface area contributed by atoms with Gasteiger partial charge in [-0.25, -0.2) is 4.98 Å². The Labute approximate surface area is 91.1 Å². The fourth-order valence-corrected chi connectivity index (χ4v) is 2.64. The number of rotatable bonds is 1. The van der Waals surface area contributed by atoms with Crippen LogP contribution in [-0.2, 0) is 5.41 Å². The van der Waals surface area contributed by atoms with Gasteiger partial charge in [-0.3, -0.25) is 4.40 Å². The molecule has 1 aliphatic rings. The van der Waals surface area contributed by atoms with Gasteiger partial charge in [0.15, 0.2) is 0 Å². The van der Waals surface area contributed by atoms with Crippen LogP contribution in [0.25, 0.3) is 5.65 Å². The minimum absolute atomic E-state index is 0.324. The summed E-state index contributed by atoms with van der Waals surface area (Å²) in [7, 11) is 0. The predicted molar refractivity (Wildman–Crippen MR) is 59.5 cm³/mol. The van der Waals surface area contributed by atoms with Crippen molar-refractivity contribution >= 4 is 21.6 Å². The number of imidazole rings is 1. The van der Waals surface area contributed by atoms with E-state index in [2.05, 4.69) is 32.2 Å². The van der Waals surface area contributed by atoms with Crippen LogP contribution >= 0.6 is 15.9 Å². The van der Waals surface area contributed by atoms with Crippen LogP contribution in [0, 0.1) is 0 Å². The molecule has 0 radical (unpaired) electrons. The smallest absolute Gasteiger partial charge is 0.137 e. The summed E-state index contributed by atoms with van der Waals surface area (Å²) in [4.78, 5) is 4.66. The van der Waals surface area contributed by atoms with Crippen LogP contribution in [0.1, 0.15) is 25.5 Å². The highest BCUT2D eigenvalue weighted by Gasteiger charge is 2.43. The SMILES string of the molecule is CC1(c2nc3ccccn3c2Br)CC1. The maximum Gasteiger partial charge on any atom is 0.137 e. The Morgan fingerprint density at radius 3 is 2.86 bits per heavy atom. The van der Waals surface area contributed by atoms with Crippen molar-refractivity contribution in [2.75, 3.05) is 0 Å². The molecule has 0 bridgehead atoms. The van der Waals surface area contributed by atoms with Gasteiger partial charge >= 0.3 is 0 Å². The van der Waals surface area contributed by atoms with Gasteiger partial charge < -0.3 is 0 Å². The Kier molecular flexibility index (Phi) is 1.57. The molecule has 14 heavy (non-hydrogen) atoms. The molecule has 0 amide bonds. The van der Waals surface area contributed by atoms with Crippen molar-refractivity contribution in [3.63, 3.8) is 0 Å². The molecule has 0 aromatic carbocycles. The molecule has 0 N–H and O–H groups in total. The van der Waals surface area contributed by atoms with Gasteiger partial charge in [-0.1, -0.05) is 13.0 Å². The summed E-state index contributed by atoms with van der Waals surface area (Å²) in [6.45, 7) is 2.28. The van der Waals surface area contributed by atoms with E-state index >= 15 is 0 Å². The van der Waals surface area contributed by atoms with E-state index in [1.54, 1.807) is 0 Å². The van der Waals surface area contributed by atoms with E-state index in [0.717, 1.165) is 10.3 Å². The zero-order valence-electron chi connectivity index (χ0n) is 8.00. The van der Waals surface area contributed by atoms with E-state index in [1.807, 2.05) is 24.4 Å². The van der Waals surface area contributed by atoms with E-state index in [4.69, 9.17) is 0 Å². The average molecular weight is 251 g/mol. The van der Waals surface area contributed by atoms with Gasteiger partial charge in [0.2, 0.25) is 0 Å². The topological polar surface area (TPSA) is 17.3 Å². The third-order valence-corrected chi connectivity index (χ3v) is 3.80. The highest BCUT2D eigenvalue weighted by atomic mass is 79.9. The van der Waals surface area contributed by atoms with Crippen LogP contribution in [0.5, 0.6) is 0 Å². The maximum atomic E-state index is 4.66. The van der Waals surface area contributed by atoms with Gasteiger partial charge in [0, 0.05) is 11.6 Å². The first-order valence-corrected chi connectivity index (χ1v) is 5.63. The van der Waals surface area contributed by atoms with Crippen molar-refractivity contribution in [2.45, 2.75) is 25.2 Å². The molecule has 3 rings (SSSR count). The molecule has 2 nitrogen and oxygen atoms in total. The van der Waals surface area contributed by atoms with Gasteiger partial charge in [-0.2, -0.15) is 0 Å². The molecular formula is C11H11BrN2. The number of halogens is 1. The van der Waals surface area contributed by atoms with Crippen molar-refractivity contribution < 1.29 is 0 Å². The number of hydrogen-bond donors (Lipinski definition) is 0. The summed E-state index contributed by atoms with van der Waals surface area (Å²) < 4.78 is 3.21. The highest BCUT2D eigenvalue weighted by molar-refractivity contribution is 9.10. The quantitative estimate of drug-likeness (QED) is 0.761. The summed E-state index contributed by atoms with van der Waals surface area (Å²) in [5.41, 5.74) is 2.57. The summed E-state index contributed by atoms with van der Waals surface area (Å²) in [6, 6.07) is 6.09. The molecule has 72 valence electrons. The average Bonchev–Trinajstić information content (AvgIpc) is 2.84. The van der Waals surface area contributed by atoms with Crippen molar-refractivity contribution in [3.8, 4) is 0 Å². The van der Waals surface area contributed by atoms with Crippen molar-refractivity contribution in [1.29, 1.82) is 0 Å². The molecule has 1 saturated carbocycles. The number of pyridine rings is 1. The monoisotopic (exact) mass is 250 g/mol. The van der Waals surface area contributed by atoms with Crippen LogP contribution in [0.2, 0.25) is 0 Å². The molecule has 3 heteroatoms. The van der Waals surface area contributed by atoms with Crippen molar-refractivity contribution in [2.24, 2.45) is 0 Å². The number of hydrogen-bond acceptors (Lipinski definition) is 1. The number of fused-ring (bicyclic) bond motifs is 1. The Morgan fingerprint density at radius 2 is 2.21 bits per heavy atom. The normalized spacial score (nSPS) is 18.7. The molecule has 0 atom stereocenters. The lowest BCUT2D eigenvalue weighted by molar-refractivity contribution is 0.752. The van der Waals surface area contributed by atoms with E-state index in [-0.39, 0.29) is 0 Å². The first-order chi connectivity index (χ1) is 6.71. The fourth-order valence-electron chi connectivity index (χ4n) is 1.77. The summed E-state index contributed by atoms with van der Waals surface area (Å²) in [5, 5.41) is 0. The zero-order chi connectivity index (χ0) is 9.76. The minimum Gasteiger partial charge on any atom is -0.294 e. The van der Waals surface area contributed by atoms with E-state index in [9.17, 15) is 0 Å². The molecule has 2 aromatic rings. The highest BCUT2D eigenvalue weighted by Crippen LogP contribution is 2.49. The third kappa shape index (κ3) is 1.05. The molecule has 0 spiro atoms. The lowest BCUT2D eigenvalue weighted by atomic mass is 10.1. The van der Waals surface area contributed by atoms with Gasteiger partial charge in [0.1, 0.15) is 10.3 Å². The van der Waals surface area contributed by atoms with E-state index < -0.39 is 0 Å². The maximum absolute atomic E-state index is 4.66. The summed E-state index contributed by atoms with van der Waals surface area (Å²) in [5.74, 6) is 0. The second-order valence-electron chi connectivity index (χ2n) is 4.24. The van der Waals surface area contributed by atoms with Crippen LogP contribution < -0.4 is 0 Å². The molecule has 2 heterocycles. The number of aromatic nitrogens is 2. The molecule has 2 aromatic heterocycles. The van der Waals surface area contributed by atoms with Crippen LogP contribution in [0.15, 0.2) is 29.0 Å². The lowest BCUT2D eigenvalue weighted by Gasteiger charge is -2.03. The Bertz CT molecular complexity index is 497. The van der Waals surface area contributed by atoms with Crippen LogP contribution in [-0.4, -0.2) is 9.38 Å². The third-order valence-electron chi connectivity index (χ3n) is 3.04. The van der Waals surface area contributed by atoms with Gasteiger partial charge in [-0.05, 0) is 40.9 Å². The van der Waals surface area contributed by atoms with Crippen molar-refractivity contribution in [3.05, 3.63) is 34.7 Å². The van der Waals surface area contributed by atoms with Gasteiger partial charge in [0.25, 0.3) is 0 Å².